The predicted octanol–water partition coefficient (Wildman–Crippen LogP) is 4.94. The first-order chi connectivity index (χ1) is 11.4. The third-order valence-electron chi connectivity index (χ3n) is 4.43. The van der Waals surface area contributed by atoms with Crippen LogP contribution in [0, 0.1) is 11.3 Å². The molecule has 2 rings (SSSR count). The van der Waals surface area contributed by atoms with E-state index in [0.29, 0.717) is 17.9 Å². The number of aromatic hydroxyl groups is 1. The lowest BCUT2D eigenvalue weighted by molar-refractivity contribution is 0.313. The third kappa shape index (κ3) is 3.54. The standard InChI is InChI=1S/C21H25NO2/c1-5-11-24-20-15(6-2)12-18(13-16(20)14-22)21(3,4)17-7-9-19(23)10-8-17/h7-10,12-13,23H,5-6,11H2,1-4H3. The Morgan fingerprint density at radius 1 is 1.08 bits per heavy atom. The fraction of sp³-hybridized carbons (Fsp3) is 0.381. The average Bonchev–Trinajstić information content (AvgIpc) is 2.59. The van der Waals surface area contributed by atoms with Crippen LogP contribution in [0.3, 0.4) is 0 Å². The van der Waals surface area contributed by atoms with Crippen LogP contribution in [0.4, 0.5) is 0 Å². The molecule has 0 saturated heterocycles. The lowest BCUT2D eigenvalue weighted by atomic mass is 9.77. The molecule has 0 aliphatic carbocycles. The Hall–Kier alpha value is -2.47. The Kier molecular flexibility index (Phi) is 5.51. The molecule has 0 spiro atoms. The van der Waals surface area contributed by atoms with Gasteiger partial charge in [-0.15, -0.1) is 0 Å². The number of ether oxygens (including phenoxy) is 1. The largest absolute Gasteiger partial charge is 0.508 e. The summed E-state index contributed by atoms with van der Waals surface area (Å²) in [5.74, 6) is 0.969. The number of benzene rings is 2. The number of phenols is 1. The van der Waals surface area contributed by atoms with Gasteiger partial charge in [0.1, 0.15) is 17.6 Å². The molecule has 3 heteroatoms. The molecule has 0 aliphatic rings. The van der Waals surface area contributed by atoms with Gasteiger partial charge in [-0.2, -0.15) is 5.26 Å². The number of nitriles is 1. The molecule has 0 aliphatic heterocycles. The van der Waals surface area contributed by atoms with Gasteiger partial charge in [0.05, 0.1) is 12.2 Å². The summed E-state index contributed by atoms with van der Waals surface area (Å²) >= 11 is 0. The zero-order valence-corrected chi connectivity index (χ0v) is 14.9. The van der Waals surface area contributed by atoms with E-state index in [4.69, 9.17) is 4.74 Å². The van der Waals surface area contributed by atoms with E-state index in [1.54, 1.807) is 12.1 Å². The molecule has 0 unspecified atom stereocenters. The van der Waals surface area contributed by atoms with Crippen LogP contribution in [-0.4, -0.2) is 11.7 Å². The van der Waals surface area contributed by atoms with Crippen LogP contribution in [0.1, 0.15) is 56.4 Å². The highest BCUT2D eigenvalue weighted by Crippen LogP contribution is 2.36. The predicted molar refractivity (Wildman–Crippen MR) is 96.6 cm³/mol. The molecule has 0 saturated carbocycles. The Bertz CT molecular complexity index is 740. The first kappa shape index (κ1) is 17.9. The first-order valence-corrected chi connectivity index (χ1v) is 8.43. The van der Waals surface area contributed by atoms with Crippen LogP contribution in [0.15, 0.2) is 36.4 Å². The van der Waals surface area contributed by atoms with Gasteiger partial charge in [-0.1, -0.05) is 45.9 Å². The van der Waals surface area contributed by atoms with E-state index in [9.17, 15) is 10.4 Å². The highest BCUT2D eigenvalue weighted by atomic mass is 16.5. The number of aryl methyl sites for hydroxylation is 1. The fourth-order valence-electron chi connectivity index (χ4n) is 2.81. The van der Waals surface area contributed by atoms with E-state index in [1.807, 2.05) is 18.2 Å². The van der Waals surface area contributed by atoms with Gasteiger partial charge in [-0.05, 0) is 47.7 Å². The highest BCUT2D eigenvalue weighted by molar-refractivity contribution is 5.54. The van der Waals surface area contributed by atoms with Crippen LogP contribution in [0.2, 0.25) is 0 Å². The third-order valence-corrected chi connectivity index (χ3v) is 4.43. The Morgan fingerprint density at radius 2 is 1.75 bits per heavy atom. The molecule has 126 valence electrons. The molecule has 3 nitrogen and oxygen atoms in total. The minimum atomic E-state index is -0.271. The SMILES string of the molecule is CCCOc1c(C#N)cc(C(C)(C)c2ccc(O)cc2)cc1CC. The molecule has 1 N–H and O–H groups in total. The summed E-state index contributed by atoms with van der Waals surface area (Å²) in [5.41, 5.74) is 3.54. The molecule has 24 heavy (non-hydrogen) atoms. The van der Waals surface area contributed by atoms with E-state index < -0.39 is 0 Å². The van der Waals surface area contributed by atoms with Crippen molar-refractivity contribution in [1.82, 2.24) is 0 Å². The number of nitrogens with zero attached hydrogens (tertiary/aromatic N) is 1. The van der Waals surface area contributed by atoms with Crippen LogP contribution in [0.5, 0.6) is 11.5 Å². The minimum Gasteiger partial charge on any atom is -0.508 e. The second-order valence-corrected chi connectivity index (χ2v) is 6.50. The number of hydrogen-bond donors (Lipinski definition) is 1. The molecule has 2 aromatic carbocycles. The van der Waals surface area contributed by atoms with Crippen molar-refractivity contribution < 1.29 is 9.84 Å². The minimum absolute atomic E-state index is 0.254. The number of phenolic OH excluding ortho intramolecular Hbond substituents is 1. The van der Waals surface area contributed by atoms with Gasteiger partial charge in [0.15, 0.2) is 0 Å². The quantitative estimate of drug-likeness (QED) is 0.819. The maximum atomic E-state index is 9.57. The van der Waals surface area contributed by atoms with Crippen molar-refractivity contribution in [3.8, 4) is 17.6 Å². The van der Waals surface area contributed by atoms with Gasteiger partial charge < -0.3 is 9.84 Å². The molecular formula is C21H25NO2. The summed E-state index contributed by atoms with van der Waals surface area (Å²) in [4.78, 5) is 0. The molecule has 0 fully saturated rings. The van der Waals surface area contributed by atoms with Crippen LogP contribution in [-0.2, 0) is 11.8 Å². The van der Waals surface area contributed by atoms with E-state index >= 15 is 0 Å². The lowest BCUT2D eigenvalue weighted by Crippen LogP contribution is -2.19. The Balaban J connectivity index is 2.54. The molecule has 0 heterocycles. The second-order valence-electron chi connectivity index (χ2n) is 6.50. The monoisotopic (exact) mass is 323 g/mol. The van der Waals surface area contributed by atoms with E-state index in [1.165, 1.54) is 0 Å². The van der Waals surface area contributed by atoms with Crippen molar-refractivity contribution in [2.45, 2.75) is 46.0 Å². The van der Waals surface area contributed by atoms with Crippen molar-refractivity contribution in [3.05, 3.63) is 58.7 Å². The number of rotatable bonds is 6. The first-order valence-electron chi connectivity index (χ1n) is 8.43. The summed E-state index contributed by atoms with van der Waals surface area (Å²) in [7, 11) is 0. The van der Waals surface area contributed by atoms with Gasteiger partial charge in [0.25, 0.3) is 0 Å². The summed E-state index contributed by atoms with van der Waals surface area (Å²) in [5, 5.41) is 19.1. The Morgan fingerprint density at radius 3 is 2.29 bits per heavy atom. The van der Waals surface area contributed by atoms with Crippen molar-refractivity contribution >= 4 is 0 Å². The molecule has 0 radical (unpaired) electrons. The van der Waals surface area contributed by atoms with Crippen molar-refractivity contribution in [3.63, 3.8) is 0 Å². The van der Waals surface area contributed by atoms with E-state index in [0.717, 1.165) is 29.5 Å². The maximum Gasteiger partial charge on any atom is 0.140 e. The van der Waals surface area contributed by atoms with Crippen LogP contribution in [0.25, 0.3) is 0 Å². The van der Waals surface area contributed by atoms with Gasteiger partial charge in [-0.3, -0.25) is 0 Å². The van der Waals surface area contributed by atoms with E-state index in [-0.39, 0.29) is 11.2 Å². The van der Waals surface area contributed by atoms with Crippen molar-refractivity contribution in [2.75, 3.05) is 6.61 Å². The Labute approximate surface area is 144 Å². The van der Waals surface area contributed by atoms with Gasteiger partial charge in [-0.25, -0.2) is 0 Å². The fourth-order valence-corrected chi connectivity index (χ4v) is 2.81. The molecule has 0 amide bonds. The number of hydrogen-bond acceptors (Lipinski definition) is 3. The summed E-state index contributed by atoms with van der Waals surface area (Å²) in [6.07, 6.45) is 1.72. The van der Waals surface area contributed by atoms with Gasteiger partial charge >= 0.3 is 0 Å². The van der Waals surface area contributed by atoms with Crippen LogP contribution >= 0.6 is 0 Å². The zero-order chi connectivity index (χ0) is 17.7. The highest BCUT2D eigenvalue weighted by Gasteiger charge is 2.25. The average molecular weight is 323 g/mol. The summed E-state index contributed by atoms with van der Waals surface area (Å²) in [6, 6.07) is 13.6. The molecular weight excluding hydrogens is 298 g/mol. The normalized spacial score (nSPS) is 11.1. The van der Waals surface area contributed by atoms with Crippen molar-refractivity contribution in [1.29, 1.82) is 5.26 Å². The molecule has 0 atom stereocenters. The van der Waals surface area contributed by atoms with E-state index in [2.05, 4.69) is 39.8 Å². The topological polar surface area (TPSA) is 53.2 Å². The molecule has 0 bridgehead atoms. The zero-order valence-electron chi connectivity index (χ0n) is 14.9. The van der Waals surface area contributed by atoms with Crippen LogP contribution < -0.4 is 4.74 Å². The molecule has 0 aromatic heterocycles. The van der Waals surface area contributed by atoms with Gasteiger partial charge in [0, 0.05) is 5.41 Å². The lowest BCUT2D eigenvalue weighted by Gasteiger charge is -2.28. The maximum absolute atomic E-state index is 9.57. The smallest absolute Gasteiger partial charge is 0.140 e. The van der Waals surface area contributed by atoms with Gasteiger partial charge in [0.2, 0.25) is 0 Å². The molecule has 2 aromatic rings. The second kappa shape index (κ2) is 7.40. The summed E-state index contributed by atoms with van der Waals surface area (Å²) < 4.78 is 5.83. The van der Waals surface area contributed by atoms with Crippen molar-refractivity contribution in [2.24, 2.45) is 0 Å². The summed E-state index contributed by atoms with van der Waals surface area (Å²) in [6.45, 7) is 9.00.